The van der Waals surface area contributed by atoms with Gasteiger partial charge < -0.3 is 15.7 Å². The lowest BCUT2D eigenvalue weighted by atomic mass is 9.90. The third-order valence-electron chi connectivity index (χ3n) is 3.97. The van der Waals surface area contributed by atoms with Crippen molar-refractivity contribution in [3.05, 3.63) is 28.4 Å². The average Bonchev–Trinajstić information content (AvgIpc) is 2.49. The minimum absolute atomic E-state index is 0.0122. The SMILES string of the molecule is NC1(CO)CCN(c2cnc3cc(Cl)c(Cl)cc3n2)CC1. The Hall–Kier alpha value is -1.14. The van der Waals surface area contributed by atoms with Crippen LogP contribution >= 0.6 is 23.2 Å². The quantitative estimate of drug-likeness (QED) is 0.885. The van der Waals surface area contributed by atoms with E-state index in [2.05, 4.69) is 14.9 Å². The highest BCUT2D eigenvalue weighted by Crippen LogP contribution is 2.28. The first-order valence-electron chi connectivity index (χ1n) is 6.77. The number of aromatic nitrogens is 2. The highest BCUT2D eigenvalue weighted by Gasteiger charge is 2.30. The molecule has 1 saturated heterocycles. The number of aliphatic hydroxyl groups is 1. The fourth-order valence-electron chi connectivity index (χ4n) is 2.49. The van der Waals surface area contributed by atoms with Crippen molar-refractivity contribution >= 4 is 40.1 Å². The number of hydrogen-bond donors (Lipinski definition) is 2. The van der Waals surface area contributed by atoms with Crippen LogP contribution in [0.2, 0.25) is 10.0 Å². The van der Waals surface area contributed by atoms with Gasteiger partial charge in [-0.05, 0) is 25.0 Å². The van der Waals surface area contributed by atoms with Crippen LogP contribution in [0.5, 0.6) is 0 Å². The normalized spacial score (nSPS) is 18.2. The molecule has 3 N–H and O–H groups in total. The maximum Gasteiger partial charge on any atom is 0.147 e. The molecule has 21 heavy (non-hydrogen) atoms. The molecule has 2 heterocycles. The lowest BCUT2D eigenvalue weighted by Gasteiger charge is -2.38. The van der Waals surface area contributed by atoms with Crippen molar-refractivity contribution < 1.29 is 5.11 Å². The first kappa shape index (κ1) is 14.8. The van der Waals surface area contributed by atoms with Crippen molar-refractivity contribution in [2.75, 3.05) is 24.6 Å². The molecule has 0 amide bonds. The van der Waals surface area contributed by atoms with E-state index in [0.717, 1.165) is 31.7 Å². The summed E-state index contributed by atoms with van der Waals surface area (Å²) in [6.45, 7) is 1.51. The molecule has 1 aromatic carbocycles. The Bertz CT molecular complexity index is 671. The molecule has 0 spiro atoms. The Kier molecular flexibility index (Phi) is 3.92. The van der Waals surface area contributed by atoms with E-state index in [1.807, 2.05) is 0 Å². The lowest BCUT2D eigenvalue weighted by Crippen LogP contribution is -2.53. The van der Waals surface area contributed by atoms with Crippen molar-refractivity contribution in [3.63, 3.8) is 0 Å². The van der Waals surface area contributed by atoms with Gasteiger partial charge in [0, 0.05) is 18.6 Å². The minimum atomic E-state index is -0.475. The summed E-state index contributed by atoms with van der Waals surface area (Å²) < 4.78 is 0. The van der Waals surface area contributed by atoms with E-state index < -0.39 is 5.54 Å². The van der Waals surface area contributed by atoms with Crippen LogP contribution in [0.25, 0.3) is 11.0 Å². The summed E-state index contributed by atoms with van der Waals surface area (Å²) in [5.74, 6) is 0.792. The molecule has 2 aromatic rings. The predicted octanol–water partition coefficient (Wildman–Crippen LogP) is 2.23. The van der Waals surface area contributed by atoms with Crippen LogP contribution in [-0.4, -0.2) is 40.3 Å². The van der Waals surface area contributed by atoms with Gasteiger partial charge in [0.25, 0.3) is 0 Å². The van der Waals surface area contributed by atoms with Crippen LogP contribution in [0.4, 0.5) is 5.82 Å². The van der Waals surface area contributed by atoms with Crippen molar-refractivity contribution in [3.8, 4) is 0 Å². The molecule has 1 aliphatic rings. The Morgan fingerprint density at radius 2 is 1.81 bits per heavy atom. The zero-order valence-corrected chi connectivity index (χ0v) is 12.9. The second-order valence-electron chi connectivity index (χ2n) is 5.49. The Labute approximate surface area is 132 Å². The Morgan fingerprint density at radius 3 is 2.43 bits per heavy atom. The number of piperidine rings is 1. The number of rotatable bonds is 2. The second-order valence-corrected chi connectivity index (χ2v) is 6.31. The van der Waals surface area contributed by atoms with Gasteiger partial charge in [-0.2, -0.15) is 0 Å². The monoisotopic (exact) mass is 326 g/mol. The largest absolute Gasteiger partial charge is 0.394 e. The van der Waals surface area contributed by atoms with E-state index in [1.165, 1.54) is 0 Å². The molecule has 0 saturated carbocycles. The van der Waals surface area contributed by atoms with Crippen molar-refractivity contribution in [2.45, 2.75) is 18.4 Å². The number of aliphatic hydroxyl groups excluding tert-OH is 1. The van der Waals surface area contributed by atoms with E-state index in [4.69, 9.17) is 28.9 Å². The van der Waals surface area contributed by atoms with Gasteiger partial charge in [-0.25, -0.2) is 4.98 Å². The van der Waals surface area contributed by atoms with Crippen LogP contribution in [0, 0.1) is 0 Å². The van der Waals surface area contributed by atoms with Gasteiger partial charge in [0.2, 0.25) is 0 Å². The third kappa shape index (κ3) is 2.92. The maximum atomic E-state index is 9.31. The molecule has 0 aliphatic carbocycles. The topological polar surface area (TPSA) is 75.3 Å². The zero-order chi connectivity index (χ0) is 15.0. The van der Waals surface area contributed by atoms with Crippen LogP contribution in [0.3, 0.4) is 0 Å². The van der Waals surface area contributed by atoms with Gasteiger partial charge in [-0.15, -0.1) is 0 Å². The molecule has 7 heteroatoms. The van der Waals surface area contributed by atoms with Gasteiger partial charge in [0.05, 0.1) is 33.9 Å². The molecule has 1 aliphatic heterocycles. The number of anilines is 1. The molecule has 0 atom stereocenters. The molecule has 0 unspecified atom stereocenters. The number of benzene rings is 1. The van der Waals surface area contributed by atoms with Crippen LogP contribution < -0.4 is 10.6 Å². The number of halogens is 2. The Balaban J connectivity index is 1.87. The highest BCUT2D eigenvalue weighted by molar-refractivity contribution is 6.42. The molecular weight excluding hydrogens is 311 g/mol. The van der Waals surface area contributed by atoms with Gasteiger partial charge in [0.15, 0.2) is 0 Å². The standard InChI is InChI=1S/C14H16Cl2N4O/c15-9-5-11-12(6-10(9)16)19-13(7-18-11)20-3-1-14(17,8-21)2-4-20/h5-7,21H,1-4,8,17H2. The van der Waals surface area contributed by atoms with Gasteiger partial charge in [0.1, 0.15) is 5.82 Å². The summed E-state index contributed by atoms with van der Waals surface area (Å²) in [6.07, 6.45) is 3.18. The average molecular weight is 327 g/mol. The van der Waals surface area contributed by atoms with E-state index in [9.17, 15) is 5.11 Å². The molecule has 1 aromatic heterocycles. The van der Waals surface area contributed by atoms with E-state index >= 15 is 0 Å². The third-order valence-corrected chi connectivity index (χ3v) is 4.69. The van der Waals surface area contributed by atoms with Crippen LogP contribution in [0.15, 0.2) is 18.3 Å². The second kappa shape index (κ2) is 5.57. The smallest absolute Gasteiger partial charge is 0.147 e. The first-order chi connectivity index (χ1) is 10.0. The van der Waals surface area contributed by atoms with Crippen LogP contribution in [0.1, 0.15) is 12.8 Å². The maximum absolute atomic E-state index is 9.31. The van der Waals surface area contributed by atoms with E-state index in [0.29, 0.717) is 21.1 Å². The number of fused-ring (bicyclic) bond motifs is 1. The lowest BCUT2D eigenvalue weighted by molar-refractivity contribution is 0.170. The molecule has 1 fully saturated rings. The zero-order valence-electron chi connectivity index (χ0n) is 11.4. The summed E-state index contributed by atoms with van der Waals surface area (Å²) >= 11 is 12.0. The highest BCUT2D eigenvalue weighted by atomic mass is 35.5. The molecule has 0 radical (unpaired) electrons. The van der Waals surface area contributed by atoms with Gasteiger partial charge in [-0.1, -0.05) is 23.2 Å². The van der Waals surface area contributed by atoms with E-state index in [1.54, 1.807) is 18.3 Å². The summed E-state index contributed by atoms with van der Waals surface area (Å²) in [7, 11) is 0. The fraction of sp³-hybridized carbons (Fsp3) is 0.429. The first-order valence-corrected chi connectivity index (χ1v) is 7.53. The minimum Gasteiger partial charge on any atom is -0.394 e. The van der Waals surface area contributed by atoms with Crippen molar-refractivity contribution in [2.24, 2.45) is 5.73 Å². The van der Waals surface area contributed by atoms with Gasteiger partial charge in [-0.3, -0.25) is 4.98 Å². The summed E-state index contributed by atoms with van der Waals surface area (Å²) in [5, 5.41) is 10.2. The number of hydrogen-bond acceptors (Lipinski definition) is 5. The van der Waals surface area contributed by atoms with Gasteiger partial charge >= 0.3 is 0 Å². The summed E-state index contributed by atoms with van der Waals surface area (Å²) in [4.78, 5) is 11.1. The summed E-state index contributed by atoms with van der Waals surface area (Å²) in [6, 6.07) is 3.43. The van der Waals surface area contributed by atoms with E-state index in [-0.39, 0.29) is 6.61 Å². The number of nitrogens with two attached hydrogens (primary N) is 1. The number of nitrogens with zero attached hydrogens (tertiary/aromatic N) is 3. The Morgan fingerprint density at radius 1 is 1.19 bits per heavy atom. The predicted molar refractivity (Wildman–Crippen MR) is 85.0 cm³/mol. The molecule has 3 rings (SSSR count). The molecular formula is C14H16Cl2N4O. The fourth-order valence-corrected chi connectivity index (χ4v) is 2.81. The van der Waals surface area contributed by atoms with Crippen molar-refractivity contribution in [1.82, 2.24) is 9.97 Å². The molecule has 5 nitrogen and oxygen atoms in total. The molecule has 0 bridgehead atoms. The summed E-state index contributed by atoms with van der Waals surface area (Å²) in [5.41, 5.74) is 7.04. The molecule has 112 valence electrons. The van der Waals surface area contributed by atoms with Crippen LogP contribution in [-0.2, 0) is 0 Å². The van der Waals surface area contributed by atoms with Crippen molar-refractivity contribution in [1.29, 1.82) is 0 Å².